The molecule has 3 nitrogen and oxygen atoms in total. The summed E-state index contributed by atoms with van der Waals surface area (Å²) in [5.74, 6) is 0.598. The molecule has 1 amide bonds. The second-order valence-electron chi connectivity index (χ2n) is 4.99. The van der Waals surface area contributed by atoms with Crippen LogP contribution in [0.2, 0.25) is 0 Å². The fraction of sp³-hybridized carbons (Fsp3) is 0.278. The van der Waals surface area contributed by atoms with E-state index < -0.39 is 0 Å². The van der Waals surface area contributed by atoms with Gasteiger partial charge >= 0.3 is 0 Å². The van der Waals surface area contributed by atoms with Gasteiger partial charge in [-0.1, -0.05) is 49.4 Å². The molecule has 0 aromatic heterocycles. The lowest BCUT2D eigenvalue weighted by Crippen LogP contribution is -2.31. The maximum Gasteiger partial charge on any atom is 0.258 e. The standard InChI is InChI=1S/C18H21NO2/c1-3-15-9-11-17(12-10-15)21-13-18(20)19-14(2)16-7-5-4-6-8-16/h4-12,14H,3,13H2,1-2H3,(H,19,20)/t14-/m0/s1. The van der Waals surface area contributed by atoms with Crippen molar-refractivity contribution in [3.8, 4) is 5.75 Å². The Balaban J connectivity index is 1.81. The van der Waals surface area contributed by atoms with Crippen LogP contribution in [-0.4, -0.2) is 12.5 Å². The molecule has 0 saturated carbocycles. The van der Waals surface area contributed by atoms with E-state index >= 15 is 0 Å². The maximum atomic E-state index is 11.9. The van der Waals surface area contributed by atoms with Crippen molar-refractivity contribution in [2.75, 3.05) is 6.61 Å². The number of benzene rings is 2. The second kappa shape index (κ2) is 7.48. The summed E-state index contributed by atoms with van der Waals surface area (Å²) in [4.78, 5) is 11.9. The molecule has 0 radical (unpaired) electrons. The quantitative estimate of drug-likeness (QED) is 0.881. The van der Waals surface area contributed by atoms with E-state index in [4.69, 9.17) is 4.74 Å². The molecule has 1 atom stereocenters. The molecule has 0 aliphatic heterocycles. The number of nitrogens with one attached hydrogen (secondary N) is 1. The highest BCUT2D eigenvalue weighted by atomic mass is 16.5. The van der Waals surface area contributed by atoms with Gasteiger partial charge in [-0.25, -0.2) is 0 Å². The molecule has 2 aromatic rings. The molecule has 2 aromatic carbocycles. The van der Waals surface area contributed by atoms with E-state index in [9.17, 15) is 4.79 Å². The number of ether oxygens (including phenoxy) is 1. The van der Waals surface area contributed by atoms with Gasteiger partial charge in [0.2, 0.25) is 0 Å². The lowest BCUT2D eigenvalue weighted by Gasteiger charge is -2.14. The predicted molar refractivity (Wildman–Crippen MR) is 84.3 cm³/mol. The Kier molecular flexibility index (Phi) is 5.38. The van der Waals surface area contributed by atoms with Crippen LogP contribution in [0, 0.1) is 0 Å². The summed E-state index contributed by atoms with van der Waals surface area (Å²) in [6.45, 7) is 4.10. The van der Waals surface area contributed by atoms with Crippen LogP contribution in [0.15, 0.2) is 54.6 Å². The zero-order chi connectivity index (χ0) is 15.1. The van der Waals surface area contributed by atoms with Gasteiger partial charge in [0.15, 0.2) is 6.61 Å². The number of amides is 1. The third-order valence-electron chi connectivity index (χ3n) is 3.38. The summed E-state index contributed by atoms with van der Waals surface area (Å²) in [5, 5.41) is 2.93. The van der Waals surface area contributed by atoms with Crippen molar-refractivity contribution in [2.45, 2.75) is 26.3 Å². The Morgan fingerprint density at radius 3 is 2.38 bits per heavy atom. The molecule has 0 bridgehead atoms. The van der Waals surface area contributed by atoms with E-state index in [0.29, 0.717) is 0 Å². The molecule has 0 saturated heterocycles. The molecule has 0 fully saturated rings. The Morgan fingerprint density at radius 1 is 1.10 bits per heavy atom. The number of aryl methyl sites for hydroxylation is 1. The lowest BCUT2D eigenvalue weighted by molar-refractivity contribution is -0.123. The third-order valence-corrected chi connectivity index (χ3v) is 3.38. The molecule has 0 unspecified atom stereocenters. The molecule has 0 heterocycles. The van der Waals surface area contributed by atoms with Crippen LogP contribution < -0.4 is 10.1 Å². The fourth-order valence-corrected chi connectivity index (χ4v) is 2.08. The summed E-state index contributed by atoms with van der Waals surface area (Å²) in [7, 11) is 0. The molecule has 3 heteroatoms. The van der Waals surface area contributed by atoms with Crippen LogP contribution in [0.4, 0.5) is 0 Å². The number of carbonyl (C=O) groups is 1. The highest BCUT2D eigenvalue weighted by Crippen LogP contribution is 2.13. The van der Waals surface area contributed by atoms with Crippen molar-refractivity contribution in [3.05, 3.63) is 65.7 Å². The Morgan fingerprint density at radius 2 is 1.76 bits per heavy atom. The van der Waals surface area contributed by atoms with Crippen LogP contribution in [0.1, 0.15) is 31.0 Å². The normalized spacial score (nSPS) is 11.7. The molecule has 110 valence electrons. The van der Waals surface area contributed by atoms with E-state index in [0.717, 1.165) is 17.7 Å². The third kappa shape index (κ3) is 4.63. The van der Waals surface area contributed by atoms with E-state index in [1.165, 1.54) is 5.56 Å². The van der Waals surface area contributed by atoms with Crippen LogP contribution in [0.25, 0.3) is 0 Å². The number of hydrogen-bond acceptors (Lipinski definition) is 2. The average Bonchev–Trinajstić information content (AvgIpc) is 2.54. The van der Waals surface area contributed by atoms with E-state index in [2.05, 4.69) is 12.2 Å². The van der Waals surface area contributed by atoms with Crippen LogP contribution in [0.3, 0.4) is 0 Å². The first-order chi connectivity index (χ1) is 10.2. The zero-order valence-electron chi connectivity index (χ0n) is 12.5. The molecule has 0 aliphatic rings. The first kappa shape index (κ1) is 15.1. The van der Waals surface area contributed by atoms with Crippen molar-refractivity contribution in [3.63, 3.8) is 0 Å². The predicted octanol–water partition coefficient (Wildman–Crippen LogP) is 3.51. The van der Waals surface area contributed by atoms with Crippen molar-refractivity contribution in [1.82, 2.24) is 5.32 Å². The molecule has 1 N–H and O–H groups in total. The van der Waals surface area contributed by atoms with Gasteiger partial charge < -0.3 is 10.1 Å². The fourth-order valence-electron chi connectivity index (χ4n) is 2.08. The molecular weight excluding hydrogens is 262 g/mol. The summed E-state index contributed by atoms with van der Waals surface area (Å²) in [6, 6.07) is 17.7. The topological polar surface area (TPSA) is 38.3 Å². The van der Waals surface area contributed by atoms with Gasteiger partial charge in [-0.3, -0.25) is 4.79 Å². The number of hydrogen-bond donors (Lipinski definition) is 1. The van der Waals surface area contributed by atoms with Gasteiger partial charge in [-0.05, 0) is 36.6 Å². The van der Waals surface area contributed by atoms with Gasteiger partial charge in [0, 0.05) is 0 Å². The Bertz CT molecular complexity index is 564. The second-order valence-corrected chi connectivity index (χ2v) is 4.99. The van der Waals surface area contributed by atoms with Gasteiger partial charge in [0.25, 0.3) is 5.91 Å². The van der Waals surface area contributed by atoms with Crippen molar-refractivity contribution in [2.24, 2.45) is 0 Å². The zero-order valence-corrected chi connectivity index (χ0v) is 12.5. The summed E-state index contributed by atoms with van der Waals surface area (Å²) in [5.41, 5.74) is 2.34. The molecule has 0 spiro atoms. The van der Waals surface area contributed by atoms with Crippen LogP contribution in [-0.2, 0) is 11.2 Å². The smallest absolute Gasteiger partial charge is 0.258 e. The summed E-state index contributed by atoms with van der Waals surface area (Å²) in [6.07, 6.45) is 0.995. The van der Waals surface area contributed by atoms with Crippen molar-refractivity contribution in [1.29, 1.82) is 0 Å². The molecule has 2 rings (SSSR count). The largest absolute Gasteiger partial charge is 0.484 e. The monoisotopic (exact) mass is 283 g/mol. The van der Waals surface area contributed by atoms with E-state index in [-0.39, 0.29) is 18.6 Å². The summed E-state index contributed by atoms with van der Waals surface area (Å²) >= 11 is 0. The number of carbonyl (C=O) groups excluding carboxylic acids is 1. The maximum absolute atomic E-state index is 11.9. The minimum Gasteiger partial charge on any atom is -0.484 e. The van der Waals surface area contributed by atoms with Gasteiger partial charge in [0.1, 0.15) is 5.75 Å². The minimum absolute atomic E-state index is 0.0234. The minimum atomic E-state index is -0.120. The van der Waals surface area contributed by atoms with Gasteiger partial charge in [0.05, 0.1) is 6.04 Å². The van der Waals surface area contributed by atoms with Gasteiger partial charge in [-0.15, -0.1) is 0 Å². The first-order valence-corrected chi connectivity index (χ1v) is 7.25. The van der Waals surface area contributed by atoms with Crippen molar-refractivity contribution >= 4 is 5.91 Å². The van der Waals surface area contributed by atoms with E-state index in [1.54, 1.807) is 0 Å². The lowest BCUT2D eigenvalue weighted by atomic mass is 10.1. The molecule has 21 heavy (non-hydrogen) atoms. The van der Waals surface area contributed by atoms with Crippen molar-refractivity contribution < 1.29 is 9.53 Å². The summed E-state index contributed by atoms with van der Waals surface area (Å²) < 4.78 is 5.49. The van der Waals surface area contributed by atoms with Gasteiger partial charge in [-0.2, -0.15) is 0 Å². The SMILES string of the molecule is CCc1ccc(OCC(=O)N[C@@H](C)c2ccccc2)cc1. The highest BCUT2D eigenvalue weighted by molar-refractivity contribution is 5.78. The Labute approximate surface area is 126 Å². The average molecular weight is 283 g/mol. The molecular formula is C18H21NO2. The highest BCUT2D eigenvalue weighted by Gasteiger charge is 2.09. The number of rotatable bonds is 6. The van der Waals surface area contributed by atoms with Crippen LogP contribution >= 0.6 is 0 Å². The van der Waals surface area contributed by atoms with Crippen LogP contribution in [0.5, 0.6) is 5.75 Å². The molecule has 0 aliphatic carbocycles. The first-order valence-electron chi connectivity index (χ1n) is 7.25. The Hall–Kier alpha value is -2.29. The van der Waals surface area contributed by atoms with E-state index in [1.807, 2.05) is 61.5 Å².